The lowest BCUT2D eigenvalue weighted by molar-refractivity contribution is -0.00275. The van der Waals surface area contributed by atoms with E-state index in [0.29, 0.717) is 0 Å². The van der Waals surface area contributed by atoms with Gasteiger partial charge in [0.05, 0.1) is 11.9 Å². The standard InChI is InChI=1S/C17H25N3/c1-2-20(16-4-3-15(18)10-19-16)17-13-6-11-5-12(8-13)9-14(17)7-11/h3-4,10-14,17H,2,5-9,18H2,1H3. The monoisotopic (exact) mass is 271 g/mol. The lowest BCUT2D eigenvalue weighted by Crippen LogP contribution is -2.56. The summed E-state index contributed by atoms with van der Waals surface area (Å²) >= 11 is 0. The molecule has 4 fully saturated rings. The average Bonchev–Trinajstić information content (AvgIpc) is 2.43. The zero-order valence-electron chi connectivity index (χ0n) is 12.3. The summed E-state index contributed by atoms with van der Waals surface area (Å²) < 4.78 is 0. The second kappa shape index (κ2) is 4.64. The molecule has 108 valence electrons. The molecule has 4 aliphatic rings. The Balaban J connectivity index is 1.63. The molecule has 1 heterocycles. The van der Waals surface area contributed by atoms with E-state index < -0.39 is 0 Å². The van der Waals surface area contributed by atoms with Gasteiger partial charge in [-0.3, -0.25) is 0 Å². The van der Waals surface area contributed by atoms with Crippen LogP contribution in [-0.2, 0) is 0 Å². The van der Waals surface area contributed by atoms with Gasteiger partial charge in [0, 0.05) is 12.6 Å². The molecule has 3 nitrogen and oxygen atoms in total. The number of anilines is 2. The summed E-state index contributed by atoms with van der Waals surface area (Å²) in [5.41, 5.74) is 6.54. The predicted octanol–water partition coefficient (Wildman–Crippen LogP) is 3.31. The average molecular weight is 271 g/mol. The molecule has 4 saturated carbocycles. The van der Waals surface area contributed by atoms with E-state index in [1.807, 2.05) is 6.07 Å². The summed E-state index contributed by atoms with van der Waals surface area (Å²) in [4.78, 5) is 7.15. The van der Waals surface area contributed by atoms with Crippen molar-refractivity contribution in [3.8, 4) is 0 Å². The van der Waals surface area contributed by atoms with Gasteiger partial charge < -0.3 is 10.6 Å². The first-order chi connectivity index (χ1) is 9.74. The molecule has 1 aromatic rings. The highest BCUT2D eigenvalue weighted by molar-refractivity contribution is 5.47. The number of nitrogens with zero attached hydrogens (tertiary/aromatic N) is 2. The second-order valence-corrected chi connectivity index (χ2v) is 7.16. The molecular weight excluding hydrogens is 246 g/mol. The SMILES string of the molecule is CCN(c1ccc(N)cn1)C1C2CC3CC(C2)CC1C3. The quantitative estimate of drug-likeness (QED) is 0.917. The predicted molar refractivity (Wildman–Crippen MR) is 82.5 cm³/mol. The highest BCUT2D eigenvalue weighted by atomic mass is 15.2. The Hall–Kier alpha value is -1.25. The van der Waals surface area contributed by atoms with E-state index in [1.54, 1.807) is 6.20 Å². The van der Waals surface area contributed by atoms with E-state index in [1.165, 1.54) is 32.1 Å². The third kappa shape index (κ3) is 1.90. The van der Waals surface area contributed by atoms with E-state index >= 15 is 0 Å². The number of aromatic nitrogens is 1. The van der Waals surface area contributed by atoms with Crippen molar-refractivity contribution in [2.45, 2.75) is 45.1 Å². The molecule has 0 saturated heterocycles. The Morgan fingerprint density at radius 1 is 1.10 bits per heavy atom. The van der Waals surface area contributed by atoms with Crippen molar-refractivity contribution in [2.75, 3.05) is 17.2 Å². The van der Waals surface area contributed by atoms with Crippen LogP contribution < -0.4 is 10.6 Å². The molecule has 0 aromatic carbocycles. The van der Waals surface area contributed by atoms with Gasteiger partial charge in [0.25, 0.3) is 0 Å². The van der Waals surface area contributed by atoms with Crippen LogP contribution in [0.15, 0.2) is 18.3 Å². The number of pyridine rings is 1. The molecule has 5 rings (SSSR count). The van der Waals surface area contributed by atoms with Gasteiger partial charge in [-0.15, -0.1) is 0 Å². The third-order valence-electron chi connectivity index (χ3n) is 5.94. The van der Waals surface area contributed by atoms with Gasteiger partial charge in [-0.1, -0.05) is 0 Å². The molecule has 0 spiro atoms. The maximum Gasteiger partial charge on any atom is 0.128 e. The molecule has 0 atom stereocenters. The van der Waals surface area contributed by atoms with Crippen LogP contribution in [0.25, 0.3) is 0 Å². The molecule has 0 unspecified atom stereocenters. The van der Waals surface area contributed by atoms with E-state index in [-0.39, 0.29) is 0 Å². The van der Waals surface area contributed by atoms with Crippen molar-refractivity contribution in [1.82, 2.24) is 4.98 Å². The van der Waals surface area contributed by atoms with Crippen molar-refractivity contribution in [3.63, 3.8) is 0 Å². The van der Waals surface area contributed by atoms with Crippen LogP contribution in [0.1, 0.15) is 39.0 Å². The minimum absolute atomic E-state index is 0.726. The minimum atomic E-state index is 0.726. The Morgan fingerprint density at radius 2 is 1.75 bits per heavy atom. The number of hydrogen-bond donors (Lipinski definition) is 1. The molecular formula is C17H25N3. The molecule has 0 amide bonds. The van der Waals surface area contributed by atoms with E-state index in [0.717, 1.165) is 47.8 Å². The fourth-order valence-electron chi connectivity index (χ4n) is 5.50. The molecule has 3 heteroatoms. The summed E-state index contributed by atoms with van der Waals surface area (Å²) in [5.74, 6) is 5.01. The normalized spacial score (nSPS) is 38.1. The highest BCUT2D eigenvalue weighted by Crippen LogP contribution is 2.55. The maximum atomic E-state index is 5.78. The fourth-order valence-corrected chi connectivity index (χ4v) is 5.50. The first kappa shape index (κ1) is 12.5. The lowest BCUT2D eigenvalue weighted by atomic mass is 9.54. The molecule has 4 bridgehead atoms. The number of nitrogen functional groups attached to an aromatic ring is 1. The first-order valence-electron chi connectivity index (χ1n) is 8.22. The smallest absolute Gasteiger partial charge is 0.128 e. The van der Waals surface area contributed by atoms with Gasteiger partial charge in [0.15, 0.2) is 0 Å². The van der Waals surface area contributed by atoms with Crippen molar-refractivity contribution in [3.05, 3.63) is 18.3 Å². The Bertz CT molecular complexity index is 454. The zero-order chi connectivity index (χ0) is 13.7. The van der Waals surface area contributed by atoms with Crippen LogP contribution in [-0.4, -0.2) is 17.6 Å². The molecule has 4 aliphatic carbocycles. The Kier molecular flexibility index (Phi) is 2.90. The summed E-state index contributed by atoms with van der Waals surface area (Å²) in [5, 5.41) is 0. The topological polar surface area (TPSA) is 42.1 Å². The number of hydrogen-bond acceptors (Lipinski definition) is 3. The van der Waals surface area contributed by atoms with Crippen LogP contribution in [0.2, 0.25) is 0 Å². The van der Waals surface area contributed by atoms with Crippen molar-refractivity contribution >= 4 is 11.5 Å². The van der Waals surface area contributed by atoms with Gasteiger partial charge >= 0.3 is 0 Å². The molecule has 0 aliphatic heterocycles. The van der Waals surface area contributed by atoms with Gasteiger partial charge in [-0.25, -0.2) is 4.98 Å². The van der Waals surface area contributed by atoms with Crippen molar-refractivity contribution in [1.29, 1.82) is 0 Å². The fraction of sp³-hybridized carbons (Fsp3) is 0.706. The highest BCUT2D eigenvalue weighted by Gasteiger charge is 2.50. The minimum Gasteiger partial charge on any atom is -0.397 e. The van der Waals surface area contributed by atoms with Gasteiger partial charge in [0.2, 0.25) is 0 Å². The molecule has 1 aromatic heterocycles. The van der Waals surface area contributed by atoms with Crippen LogP contribution in [0.4, 0.5) is 11.5 Å². The maximum absolute atomic E-state index is 5.78. The second-order valence-electron chi connectivity index (χ2n) is 7.16. The van der Waals surface area contributed by atoms with E-state index in [4.69, 9.17) is 5.73 Å². The summed E-state index contributed by atoms with van der Waals surface area (Å²) in [6.45, 7) is 3.33. The van der Waals surface area contributed by atoms with Crippen LogP contribution in [0.3, 0.4) is 0 Å². The van der Waals surface area contributed by atoms with E-state index in [9.17, 15) is 0 Å². The largest absolute Gasteiger partial charge is 0.397 e. The summed E-state index contributed by atoms with van der Waals surface area (Å²) in [6.07, 6.45) is 9.17. The van der Waals surface area contributed by atoms with Crippen LogP contribution in [0.5, 0.6) is 0 Å². The van der Waals surface area contributed by atoms with E-state index in [2.05, 4.69) is 22.9 Å². The number of nitrogens with two attached hydrogens (primary N) is 1. The first-order valence-corrected chi connectivity index (χ1v) is 8.22. The van der Waals surface area contributed by atoms with Crippen molar-refractivity contribution < 1.29 is 0 Å². The van der Waals surface area contributed by atoms with Gasteiger partial charge in [-0.05, 0) is 74.8 Å². The van der Waals surface area contributed by atoms with Crippen LogP contribution >= 0.6 is 0 Å². The van der Waals surface area contributed by atoms with Crippen molar-refractivity contribution in [2.24, 2.45) is 23.7 Å². The summed E-state index contributed by atoms with van der Waals surface area (Å²) in [7, 11) is 0. The third-order valence-corrected chi connectivity index (χ3v) is 5.94. The Labute approximate surface area is 121 Å². The van der Waals surface area contributed by atoms with Gasteiger partial charge in [-0.2, -0.15) is 0 Å². The molecule has 0 radical (unpaired) electrons. The summed E-state index contributed by atoms with van der Waals surface area (Å²) in [6, 6.07) is 4.81. The van der Waals surface area contributed by atoms with Gasteiger partial charge in [0.1, 0.15) is 5.82 Å². The number of rotatable bonds is 3. The Morgan fingerprint density at radius 3 is 2.25 bits per heavy atom. The van der Waals surface area contributed by atoms with Crippen LogP contribution in [0, 0.1) is 23.7 Å². The lowest BCUT2D eigenvalue weighted by Gasteiger charge is -2.57. The zero-order valence-corrected chi connectivity index (χ0v) is 12.3. The molecule has 20 heavy (non-hydrogen) atoms. The molecule has 2 N–H and O–H groups in total.